The predicted molar refractivity (Wildman–Crippen MR) is 74.1 cm³/mol. The first-order valence-electron chi connectivity index (χ1n) is 6.16. The van der Waals surface area contributed by atoms with Crippen LogP contribution in [0, 0.1) is 5.82 Å². The van der Waals surface area contributed by atoms with Crippen LogP contribution in [0.15, 0.2) is 59.3 Å². The molecule has 0 aliphatic rings. The van der Waals surface area contributed by atoms with Gasteiger partial charge in [0, 0.05) is 16.8 Å². The lowest BCUT2D eigenvalue weighted by molar-refractivity contribution is 0.102. The first-order valence-corrected chi connectivity index (χ1v) is 6.16. The van der Waals surface area contributed by atoms with Crippen LogP contribution in [-0.2, 0) is 0 Å². The van der Waals surface area contributed by atoms with Gasteiger partial charge in [-0.2, -0.15) is 0 Å². The van der Waals surface area contributed by atoms with Gasteiger partial charge in [-0.25, -0.2) is 4.39 Å². The Bertz CT molecular complexity index is 755. The smallest absolute Gasteiger partial charge is 0.255 e. The van der Waals surface area contributed by atoms with Crippen LogP contribution in [0.4, 0.5) is 10.1 Å². The molecular formula is C15H10FN3O2. The number of carbonyl (C=O) groups excluding carboxylic acids is 1. The number of hydrogen-bond acceptors (Lipinski definition) is 4. The van der Waals surface area contributed by atoms with Gasteiger partial charge in [0.2, 0.25) is 12.3 Å². The Kier molecular flexibility index (Phi) is 3.42. The molecule has 0 atom stereocenters. The lowest BCUT2D eigenvalue weighted by Crippen LogP contribution is -2.11. The van der Waals surface area contributed by atoms with E-state index in [0.29, 0.717) is 22.7 Å². The van der Waals surface area contributed by atoms with E-state index in [1.807, 2.05) is 0 Å². The molecule has 0 unspecified atom stereocenters. The second-order valence-corrected chi connectivity index (χ2v) is 4.29. The van der Waals surface area contributed by atoms with Crippen molar-refractivity contribution in [2.24, 2.45) is 0 Å². The zero-order valence-corrected chi connectivity index (χ0v) is 10.8. The molecule has 0 aliphatic carbocycles. The van der Waals surface area contributed by atoms with E-state index in [4.69, 9.17) is 4.42 Å². The summed E-state index contributed by atoms with van der Waals surface area (Å²) in [6.45, 7) is 0. The summed E-state index contributed by atoms with van der Waals surface area (Å²) in [7, 11) is 0. The van der Waals surface area contributed by atoms with E-state index in [1.54, 1.807) is 24.3 Å². The third-order valence-electron chi connectivity index (χ3n) is 2.83. The molecule has 1 amide bonds. The summed E-state index contributed by atoms with van der Waals surface area (Å²) in [5.41, 5.74) is 1.66. The lowest BCUT2D eigenvalue weighted by Gasteiger charge is -2.06. The largest absolute Gasteiger partial charge is 0.423 e. The SMILES string of the molecule is O=C(Nc1cccc(-c2nnco2)c1)c1ccc(F)cc1. The third-order valence-corrected chi connectivity index (χ3v) is 2.83. The Labute approximate surface area is 119 Å². The number of halogens is 1. The van der Waals surface area contributed by atoms with Crippen LogP contribution in [0.3, 0.4) is 0 Å². The Morgan fingerprint density at radius 3 is 2.67 bits per heavy atom. The highest BCUT2D eigenvalue weighted by Gasteiger charge is 2.08. The van der Waals surface area contributed by atoms with Crippen molar-refractivity contribution < 1.29 is 13.6 Å². The first kappa shape index (κ1) is 13.0. The number of nitrogens with one attached hydrogen (secondary N) is 1. The topological polar surface area (TPSA) is 68.0 Å². The van der Waals surface area contributed by atoms with Crippen LogP contribution in [0.25, 0.3) is 11.5 Å². The molecule has 1 heterocycles. The summed E-state index contributed by atoms with van der Waals surface area (Å²) in [5, 5.41) is 10.1. The van der Waals surface area contributed by atoms with E-state index in [0.717, 1.165) is 0 Å². The maximum atomic E-state index is 12.8. The fraction of sp³-hybridized carbons (Fsp3) is 0. The molecule has 0 saturated heterocycles. The lowest BCUT2D eigenvalue weighted by atomic mass is 10.1. The Hall–Kier alpha value is -3.02. The van der Waals surface area contributed by atoms with Crippen LogP contribution in [-0.4, -0.2) is 16.1 Å². The second-order valence-electron chi connectivity index (χ2n) is 4.29. The fourth-order valence-electron chi connectivity index (χ4n) is 1.83. The van der Waals surface area contributed by atoms with Crippen LogP contribution in [0.1, 0.15) is 10.4 Å². The van der Waals surface area contributed by atoms with E-state index in [9.17, 15) is 9.18 Å². The van der Waals surface area contributed by atoms with Crippen molar-refractivity contribution in [3.63, 3.8) is 0 Å². The van der Waals surface area contributed by atoms with Gasteiger partial charge in [-0.05, 0) is 42.5 Å². The summed E-state index contributed by atoms with van der Waals surface area (Å²) in [5.74, 6) is -0.337. The highest BCUT2D eigenvalue weighted by Crippen LogP contribution is 2.20. The molecule has 1 aromatic heterocycles. The van der Waals surface area contributed by atoms with Gasteiger partial charge in [-0.15, -0.1) is 10.2 Å². The normalized spacial score (nSPS) is 10.3. The molecule has 3 rings (SSSR count). The van der Waals surface area contributed by atoms with Crippen LogP contribution >= 0.6 is 0 Å². The van der Waals surface area contributed by atoms with Gasteiger partial charge in [0.1, 0.15) is 5.82 Å². The number of anilines is 1. The molecule has 3 aromatic rings. The zero-order valence-electron chi connectivity index (χ0n) is 10.8. The molecule has 21 heavy (non-hydrogen) atoms. The number of amides is 1. The second kappa shape index (κ2) is 5.54. The van der Waals surface area contributed by atoms with Crippen molar-refractivity contribution in [2.45, 2.75) is 0 Å². The van der Waals surface area contributed by atoms with Crippen molar-refractivity contribution in [1.82, 2.24) is 10.2 Å². The molecule has 0 radical (unpaired) electrons. The van der Waals surface area contributed by atoms with E-state index >= 15 is 0 Å². The standard InChI is InChI=1S/C15H10FN3O2/c16-12-6-4-10(5-7-12)14(20)18-13-3-1-2-11(8-13)15-19-17-9-21-15/h1-9H,(H,18,20). The van der Waals surface area contributed by atoms with Gasteiger partial charge in [0.25, 0.3) is 5.91 Å². The van der Waals surface area contributed by atoms with Gasteiger partial charge in [0.15, 0.2) is 0 Å². The highest BCUT2D eigenvalue weighted by atomic mass is 19.1. The molecule has 0 aliphatic heterocycles. The number of benzene rings is 2. The maximum absolute atomic E-state index is 12.8. The van der Waals surface area contributed by atoms with Crippen molar-refractivity contribution in [1.29, 1.82) is 0 Å². The predicted octanol–water partition coefficient (Wildman–Crippen LogP) is 3.13. The Balaban J connectivity index is 1.80. The molecule has 5 nitrogen and oxygen atoms in total. The minimum Gasteiger partial charge on any atom is -0.423 e. The molecule has 0 fully saturated rings. The van der Waals surface area contributed by atoms with Gasteiger partial charge >= 0.3 is 0 Å². The summed E-state index contributed by atoms with van der Waals surface area (Å²) in [6.07, 6.45) is 1.24. The molecule has 104 valence electrons. The number of rotatable bonds is 3. The molecule has 0 bridgehead atoms. The number of nitrogens with zero attached hydrogens (tertiary/aromatic N) is 2. The monoisotopic (exact) mass is 283 g/mol. The highest BCUT2D eigenvalue weighted by molar-refractivity contribution is 6.04. The summed E-state index contributed by atoms with van der Waals surface area (Å²) >= 11 is 0. The van der Waals surface area contributed by atoms with Crippen molar-refractivity contribution in [3.8, 4) is 11.5 Å². The van der Waals surface area contributed by atoms with E-state index in [1.165, 1.54) is 30.7 Å². The first-order chi connectivity index (χ1) is 10.2. The Morgan fingerprint density at radius 2 is 1.95 bits per heavy atom. The number of carbonyl (C=O) groups is 1. The summed E-state index contributed by atoms with van der Waals surface area (Å²) < 4.78 is 17.9. The van der Waals surface area contributed by atoms with Gasteiger partial charge in [0.05, 0.1) is 0 Å². The van der Waals surface area contributed by atoms with Crippen LogP contribution in [0.5, 0.6) is 0 Å². The van der Waals surface area contributed by atoms with Crippen molar-refractivity contribution in [3.05, 3.63) is 66.3 Å². The average Bonchev–Trinajstić information content (AvgIpc) is 3.02. The fourth-order valence-corrected chi connectivity index (χ4v) is 1.83. The third kappa shape index (κ3) is 2.94. The summed E-state index contributed by atoms with van der Waals surface area (Å²) in [6, 6.07) is 12.3. The van der Waals surface area contributed by atoms with Gasteiger partial charge in [-0.1, -0.05) is 6.07 Å². The summed E-state index contributed by atoms with van der Waals surface area (Å²) in [4.78, 5) is 12.0. The van der Waals surface area contributed by atoms with E-state index < -0.39 is 0 Å². The molecule has 1 N–H and O–H groups in total. The van der Waals surface area contributed by atoms with E-state index in [-0.39, 0.29) is 11.7 Å². The van der Waals surface area contributed by atoms with E-state index in [2.05, 4.69) is 15.5 Å². The molecule has 0 saturated carbocycles. The molecule has 2 aromatic carbocycles. The number of aromatic nitrogens is 2. The molecule has 0 spiro atoms. The molecule has 6 heteroatoms. The minimum atomic E-state index is -0.384. The van der Waals surface area contributed by atoms with Crippen molar-refractivity contribution >= 4 is 11.6 Å². The average molecular weight is 283 g/mol. The van der Waals surface area contributed by atoms with Crippen LogP contribution in [0.2, 0.25) is 0 Å². The quantitative estimate of drug-likeness (QED) is 0.801. The van der Waals surface area contributed by atoms with Crippen molar-refractivity contribution in [2.75, 3.05) is 5.32 Å². The maximum Gasteiger partial charge on any atom is 0.255 e. The van der Waals surface area contributed by atoms with Gasteiger partial charge < -0.3 is 9.73 Å². The molecular weight excluding hydrogens is 273 g/mol. The van der Waals surface area contributed by atoms with Crippen LogP contribution < -0.4 is 5.32 Å². The Morgan fingerprint density at radius 1 is 1.14 bits per heavy atom. The van der Waals surface area contributed by atoms with Gasteiger partial charge in [-0.3, -0.25) is 4.79 Å². The zero-order chi connectivity index (χ0) is 14.7. The minimum absolute atomic E-state index is 0.322. The number of hydrogen-bond donors (Lipinski definition) is 1.